The van der Waals surface area contributed by atoms with Crippen LogP contribution in [0.1, 0.15) is 20.8 Å². The van der Waals surface area contributed by atoms with Crippen LogP contribution in [0.3, 0.4) is 0 Å². The Morgan fingerprint density at radius 3 is 2.62 bits per heavy atom. The number of aliphatic hydroxyl groups is 1. The van der Waals surface area contributed by atoms with Crippen molar-refractivity contribution in [1.82, 2.24) is 14.8 Å². The van der Waals surface area contributed by atoms with E-state index in [2.05, 4.69) is 10.1 Å². The Morgan fingerprint density at radius 2 is 2.23 bits per heavy atom. The van der Waals surface area contributed by atoms with Crippen molar-refractivity contribution < 1.29 is 5.11 Å². The first-order valence-electron chi connectivity index (χ1n) is 4.14. The second-order valence-electron chi connectivity index (χ2n) is 3.58. The Morgan fingerprint density at radius 1 is 1.62 bits per heavy atom. The molecule has 1 N–H and O–H groups in total. The second-order valence-corrected chi connectivity index (χ2v) is 4.89. The highest BCUT2D eigenvalue weighted by atomic mass is 32.2. The van der Waals surface area contributed by atoms with Gasteiger partial charge < -0.3 is 5.11 Å². The number of aromatic nitrogens is 3. The first-order valence-corrected chi connectivity index (χ1v) is 5.02. The van der Waals surface area contributed by atoms with Gasteiger partial charge in [0, 0.05) is 12.3 Å². The molecule has 1 aromatic heterocycles. The minimum Gasteiger partial charge on any atom is -0.389 e. The fourth-order valence-electron chi connectivity index (χ4n) is 0.695. The van der Waals surface area contributed by atoms with Crippen molar-refractivity contribution >= 4 is 11.8 Å². The first kappa shape index (κ1) is 10.5. The SMILES string of the molecule is CC(Sc1ncnn1C)C(C)(C)O. The van der Waals surface area contributed by atoms with Gasteiger partial charge in [-0.1, -0.05) is 18.7 Å². The van der Waals surface area contributed by atoms with E-state index < -0.39 is 5.60 Å². The van der Waals surface area contributed by atoms with E-state index in [-0.39, 0.29) is 5.25 Å². The van der Waals surface area contributed by atoms with Gasteiger partial charge in [0.25, 0.3) is 0 Å². The average molecular weight is 201 g/mol. The maximum Gasteiger partial charge on any atom is 0.186 e. The monoisotopic (exact) mass is 201 g/mol. The molecule has 4 nitrogen and oxygen atoms in total. The Bertz CT molecular complexity index is 279. The zero-order valence-corrected chi connectivity index (χ0v) is 9.17. The van der Waals surface area contributed by atoms with E-state index in [1.54, 1.807) is 18.5 Å². The maximum atomic E-state index is 9.70. The Kier molecular flexibility index (Phi) is 2.98. The smallest absolute Gasteiger partial charge is 0.186 e. The highest BCUT2D eigenvalue weighted by Crippen LogP contribution is 2.27. The van der Waals surface area contributed by atoms with Gasteiger partial charge in [-0.25, -0.2) is 9.67 Å². The number of hydrogen-bond acceptors (Lipinski definition) is 4. The van der Waals surface area contributed by atoms with Gasteiger partial charge in [0.1, 0.15) is 6.33 Å². The summed E-state index contributed by atoms with van der Waals surface area (Å²) in [7, 11) is 1.84. The Hall–Kier alpha value is -0.550. The molecule has 1 rings (SSSR count). The molecular formula is C8H15N3OS. The zero-order valence-electron chi connectivity index (χ0n) is 8.35. The van der Waals surface area contributed by atoms with E-state index in [1.165, 1.54) is 18.1 Å². The number of thioether (sulfide) groups is 1. The largest absolute Gasteiger partial charge is 0.389 e. The molecule has 0 amide bonds. The molecule has 0 aliphatic rings. The molecule has 1 heterocycles. The summed E-state index contributed by atoms with van der Waals surface area (Å²) in [4.78, 5) is 4.07. The summed E-state index contributed by atoms with van der Waals surface area (Å²) in [6, 6.07) is 0. The van der Waals surface area contributed by atoms with Gasteiger partial charge in [-0.2, -0.15) is 5.10 Å². The molecule has 74 valence electrons. The van der Waals surface area contributed by atoms with E-state index in [1.807, 2.05) is 14.0 Å². The van der Waals surface area contributed by atoms with E-state index >= 15 is 0 Å². The van der Waals surface area contributed by atoms with Crippen LogP contribution in [0.5, 0.6) is 0 Å². The van der Waals surface area contributed by atoms with Crippen molar-refractivity contribution in [3.8, 4) is 0 Å². The van der Waals surface area contributed by atoms with E-state index in [0.29, 0.717) is 0 Å². The second kappa shape index (κ2) is 3.67. The van der Waals surface area contributed by atoms with Gasteiger partial charge in [-0.05, 0) is 13.8 Å². The molecule has 5 heteroatoms. The number of nitrogens with zero attached hydrogens (tertiary/aromatic N) is 3. The third-order valence-corrected chi connectivity index (χ3v) is 3.46. The number of rotatable bonds is 3. The van der Waals surface area contributed by atoms with Gasteiger partial charge in [0.15, 0.2) is 5.16 Å². The van der Waals surface area contributed by atoms with Crippen LogP contribution in [-0.4, -0.2) is 30.7 Å². The highest BCUT2D eigenvalue weighted by molar-refractivity contribution is 7.99. The molecule has 0 spiro atoms. The van der Waals surface area contributed by atoms with Crippen LogP contribution in [0.2, 0.25) is 0 Å². The van der Waals surface area contributed by atoms with Crippen LogP contribution in [0.25, 0.3) is 0 Å². The third-order valence-electron chi connectivity index (χ3n) is 1.95. The Balaban J connectivity index is 2.65. The lowest BCUT2D eigenvalue weighted by Crippen LogP contribution is -2.31. The fourth-order valence-corrected chi connectivity index (χ4v) is 1.61. The van der Waals surface area contributed by atoms with Gasteiger partial charge in [-0.3, -0.25) is 0 Å². The summed E-state index contributed by atoms with van der Waals surface area (Å²) in [5.74, 6) is 0. The third kappa shape index (κ3) is 2.70. The lowest BCUT2D eigenvalue weighted by Gasteiger charge is -2.24. The van der Waals surface area contributed by atoms with Crippen molar-refractivity contribution in [2.45, 2.75) is 36.8 Å². The molecule has 1 aromatic rings. The van der Waals surface area contributed by atoms with Crippen LogP contribution in [0.4, 0.5) is 0 Å². The van der Waals surface area contributed by atoms with Crippen LogP contribution >= 0.6 is 11.8 Å². The summed E-state index contributed by atoms with van der Waals surface area (Å²) < 4.78 is 1.70. The zero-order chi connectivity index (χ0) is 10.1. The standard InChI is InChI=1S/C8H15N3OS/c1-6(8(2,3)12)13-7-9-5-10-11(7)4/h5-6,12H,1-4H3. The maximum absolute atomic E-state index is 9.70. The van der Waals surface area contributed by atoms with Crippen molar-refractivity contribution in [1.29, 1.82) is 0 Å². The molecular weight excluding hydrogens is 186 g/mol. The summed E-state index contributed by atoms with van der Waals surface area (Å²) in [5.41, 5.74) is -0.698. The van der Waals surface area contributed by atoms with Crippen molar-refractivity contribution in [2.75, 3.05) is 0 Å². The summed E-state index contributed by atoms with van der Waals surface area (Å²) >= 11 is 1.52. The van der Waals surface area contributed by atoms with E-state index in [0.717, 1.165) is 5.16 Å². The van der Waals surface area contributed by atoms with Crippen molar-refractivity contribution in [2.24, 2.45) is 7.05 Å². The summed E-state index contributed by atoms with van der Waals surface area (Å²) in [6.07, 6.45) is 1.51. The van der Waals surface area contributed by atoms with Gasteiger partial charge in [-0.15, -0.1) is 0 Å². The number of hydrogen-bond donors (Lipinski definition) is 1. The highest BCUT2D eigenvalue weighted by Gasteiger charge is 2.24. The van der Waals surface area contributed by atoms with Gasteiger partial charge >= 0.3 is 0 Å². The lowest BCUT2D eigenvalue weighted by atomic mass is 10.1. The topological polar surface area (TPSA) is 50.9 Å². The molecule has 0 saturated heterocycles. The van der Waals surface area contributed by atoms with E-state index in [9.17, 15) is 5.11 Å². The molecule has 13 heavy (non-hydrogen) atoms. The molecule has 1 atom stereocenters. The van der Waals surface area contributed by atoms with Gasteiger partial charge in [0.05, 0.1) is 5.60 Å². The molecule has 1 unspecified atom stereocenters. The average Bonchev–Trinajstić information content (AvgIpc) is 2.34. The lowest BCUT2D eigenvalue weighted by molar-refractivity contribution is 0.0823. The van der Waals surface area contributed by atoms with E-state index in [4.69, 9.17) is 0 Å². The fraction of sp³-hybridized carbons (Fsp3) is 0.750. The molecule has 0 aliphatic heterocycles. The predicted molar refractivity (Wildman–Crippen MR) is 52.6 cm³/mol. The van der Waals surface area contributed by atoms with Crippen LogP contribution in [0.15, 0.2) is 11.5 Å². The molecule has 0 fully saturated rings. The quantitative estimate of drug-likeness (QED) is 0.743. The molecule has 0 aromatic carbocycles. The van der Waals surface area contributed by atoms with Crippen LogP contribution < -0.4 is 0 Å². The summed E-state index contributed by atoms with van der Waals surface area (Å²) in [6.45, 7) is 5.56. The Labute approximate surface area is 82.4 Å². The van der Waals surface area contributed by atoms with Gasteiger partial charge in [0.2, 0.25) is 0 Å². The predicted octanol–water partition coefficient (Wildman–Crippen LogP) is 1.07. The minimum absolute atomic E-state index is 0.0930. The number of aryl methyl sites for hydroxylation is 1. The molecule has 0 bridgehead atoms. The normalized spacial score (nSPS) is 14.5. The molecule has 0 aliphatic carbocycles. The first-order chi connectivity index (χ1) is 5.91. The minimum atomic E-state index is -0.698. The van der Waals surface area contributed by atoms with Crippen LogP contribution in [-0.2, 0) is 7.05 Å². The molecule has 0 saturated carbocycles. The van der Waals surface area contributed by atoms with Crippen molar-refractivity contribution in [3.63, 3.8) is 0 Å². The molecule has 0 radical (unpaired) electrons. The summed E-state index contributed by atoms with van der Waals surface area (Å²) in [5, 5.41) is 14.6. The van der Waals surface area contributed by atoms with Crippen molar-refractivity contribution in [3.05, 3.63) is 6.33 Å². The van der Waals surface area contributed by atoms with Crippen LogP contribution in [0, 0.1) is 0 Å².